The largest absolute Gasteiger partial charge is 0.472 e. The third-order valence-electron chi connectivity index (χ3n) is 8.34. The molecular weight excluding hydrogens is 576 g/mol. The van der Waals surface area contributed by atoms with Gasteiger partial charge in [0.2, 0.25) is 0 Å². The third-order valence-corrected chi connectivity index (χ3v) is 10.6. The number of aliphatic hydroxyl groups is 1. The normalized spacial score (nSPS) is 26.5. The molecule has 3 saturated heterocycles. The van der Waals surface area contributed by atoms with E-state index in [1.807, 2.05) is 34.6 Å². The number of rotatable bonds is 6. The van der Waals surface area contributed by atoms with Crippen LogP contribution in [-0.2, 0) is 37.1 Å². The summed E-state index contributed by atoms with van der Waals surface area (Å²) in [5.41, 5.74) is 6.31. The summed E-state index contributed by atoms with van der Waals surface area (Å²) in [6, 6.07) is 18.2. The van der Waals surface area contributed by atoms with Crippen molar-refractivity contribution >= 4 is 33.1 Å². The monoisotopic (exact) mass is 608 g/mol. The topological polar surface area (TPSA) is 106 Å². The fraction of sp³-hybridized carbons (Fsp3) is 0.419. The van der Waals surface area contributed by atoms with Crippen LogP contribution in [0.5, 0.6) is 0 Å². The highest BCUT2D eigenvalue weighted by Crippen LogP contribution is 2.37. The summed E-state index contributed by atoms with van der Waals surface area (Å²) in [4.78, 5) is 9.44. The molecule has 4 aliphatic rings. The molecule has 7 rings (SSSR count). The SMILES string of the molecule is CS(=O)(=NCc1ccc(-c2ccc(-c3nc4c(cc3Cl)N=C(O[C@@H]3CO[C@H]5[C@@H]3OC[C@H]5O)C4)cc2)cc1)N1CCCC1. The number of nitrogens with zero attached hydrogens (tertiary/aromatic N) is 4. The molecule has 0 amide bonds. The molecule has 1 aromatic heterocycles. The van der Waals surface area contributed by atoms with Crippen molar-refractivity contribution in [3.8, 4) is 22.4 Å². The molecule has 1 unspecified atom stereocenters. The number of aromatic nitrogens is 1. The van der Waals surface area contributed by atoms with E-state index < -0.39 is 16.0 Å². The molecule has 5 atom stereocenters. The van der Waals surface area contributed by atoms with E-state index in [0.29, 0.717) is 41.9 Å². The van der Waals surface area contributed by atoms with Gasteiger partial charge < -0.3 is 19.3 Å². The summed E-state index contributed by atoms with van der Waals surface area (Å²) in [7, 11) is -2.31. The molecule has 3 aromatic rings. The number of aliphatic imine (C=N–C) groups is 1. The van der Waals surface area contributed by atoms with Crippen LogP contribution in [0.2, 0.25) is 5.02 Å². The Morgan fingerprint density at radius 2 is 1.69 bits per heavy atom. The fourth-order valence-electron chi connectivity index (χ4n) is 5.98. The van der Waals surface area contributed by atoms with Crippen molar-refractivity contribution in [1.29, 1.82) is 0 Å². The standard InChI is InChI=1S/C31H33ClN4O5S/c1-42(38,36-12-2-3-13-36)33-16-19-4-6-20(7-5-19)21-8-10-22(11-9-21)29-23(32)14-24-25(35-29)15-28(34-24)41-27-18-40-30-26(37)17-39-31(27)30/h4-11,14,26-27,30-31,37H,2-3,12-13,15-18H2,1H3/t26-,27-,30-,31-,42?/m1/s1. The molecule has 0 spiro atoms. The highest BCUT2D eigenvalue weighted by Gasteiger charge is 2.49. The first-order chi connectivity index (χ1) is 20.3. The number of hydrogen-bond donors (Lipinski definition) is 1. The van der Waals surface area contributed by atoms with Crippen molar-refractivity contribution in [2.24, 2.45) is 9.36 Å². The lowest BCUT2D eigenvalue weighted by atomic mass is 10.0. The minimum absolute atomic E-state index is 0.254. The fourth-order valence-corrected chi connectivity index (χ4v) is 7.72. The lowest BCUT2D eigenvalue weighted by Gasteiger charge is -2.17. The Morgan fingerprint density at radius 3 is 2.43 bits per heavy atom. The maximum atomic E-state index is 12.9. The second-order valence-corrected chi connectivity index (χ2v) is 14.0. The zero-order valence-electron chi connectivity index (χ0n) is 23.3. The molecule has 0 aliphatic carbocycles. The van der Waals surface area contributed by atoms with Crippen LogP contribution in [0.1, 0.15) is 24.1 Å². The summed E-state index contributed by atoms with van der Waals surface area (Å²) in [6.45, 7) is 2.77. The van der Waals surface area contributed by atoms with Gasteiger partial charge in [0.25, 0.3) is 0 Å². The average Bonchev–Trinajstić information content (AvgIpc) is 3.80. The number of pyridine rings is 1. The van der Waals surface area contributed by atoms with Gasteiger partial charge in [-0.05, 0) is 35.6 Å². The summed E-state index contributed by atoms with van der Waals surface area (Å²) < 4.78 is 36.9. The smallest absolute Gasteiger partial charge is 0.195 e. The quantitative estimate of drug-likeness (QED) is 0.431. The van der Waals surface area contributed by atoms with Crippen LogP contribution in [0.4, 0.5) is 5.69 Å². The van der Waals surface area contributed by atoms with Gasteiger partial charge in [-0.1, -0.05) is 60.1 Å². The third kappa shape index (κ3) is 5.47. The maximum Gasteiger partial charge on any atom is 0.195 e. The van der Waals surface area contributed by atoms with Crippen LogP contribution < -0.4 is 0 Å². The van der Waals surface area contributed by atoms with Crippen molar-refractivity contribution in [2.45, 2.75) is 50.2 Å². The Bertz CT molecular complexity index is 1630. The Balaban J connectivity index is 1.01. The van der Waals surface area contributed by atoms with Crippen LogP contribution in [0.3, 0.4) is 0 Å². The second kappa shape index (κ2) is 11.3. The molecule has 5 heterocycles. The number of aliphatic hydroxyl groups excluding tert-OH is 1. The number of fused-ring (bicyclic) bond motifs is 2. The van der Waals surface area contributed by atoms with E-state index in [2.05, 4.69) is 33.6 Å². The number of benzene rings is 2. The molecule has 1 N–H and O–H groups in total. The summed E-state index contributed by atoms with van der Waals surface area (Å²) >= 11 is 6.65. The Morgan fingerprint density at radius 1 is 1.02 bits per heavy atom. The lowest BCUT2D eigenvalue weighted by molar-refractivity contribution is 0.00558. The number of ether oxygens (including phenoxy) is 3. The molecule has 0 bridgehead atoms. The van der Waals surface area contributed by atoms with E-state index >= 15 is 0 Å². The van der Waals surface area contributed by atoms with E-state index in [4.69, 9.17) is 30.8 Å². The van der Waals surface area contributed by atoms with Gasteiger partial charge in [-0.15, -0.1) is 0 Å². The Hall–Kier alpha value is -2.86. The minimum atomic E-state index is -2.31. The zero-order chi connectivity index (χ0) is 28.8. The van der Waals surface area contributed by atoms with E-state index in [0.717, 1.165) is 53.9 Å². The lowest BCUT2D eigenvalue weighted by Crippen LogP contribution is -2.34. The van der Waals surface area contributed by atoms with Gasteiger partial charge in [0, 0.05) is 24.9 Å². The van der Waals surface area contributed by atoms with Gasteiger partial charge in [-0.3, -0.25) is 0 Å². The molecular formula is C31H33ClN4O5S. The Kier molecular flexibility index (Phi) is 7.54. The van der Waals surface area contributed by atoms with E-state index in [1.54, 1.807) is 6.26 Å². The van der Waals surface area contributed by atoms with Gasteiger partial charge in [0.05, 0.1) is 48.3 Å². The molecule has 2 aromatic carbocycles. The van der Waals surface area contributed by atoms with E-state index in [-0.39, 0.29) is 24.9 Å². The Labute approximate surface area is 250 Å². The predicted octanol–water partition coefficient (Wildman–Crippen LogP) is 4.81. The van der Waals surface area contributed by atoms with Gasteiger partial charge in [0.1, 0.15) is 28.2 Å². The molecule has 11 heteroatoms. The summed E-state index contributed by atoms with van der Waals surface area (Å²) in [5.74, 6) is 0.550. The van der Waals surface area contributed by atoms with Gasteiger partial charge in [0.15, 0.2) is 12.0 Å². The maximum absolute atomic E-state index is 12.9. The van der Waals surface area contributed by atoms with Crippen molar-refractivity contribution in [3.05, 3.63) is 70.9 Å². The van der Waals surface area contributed by atoms with Crippen LogP contribution >= 0.6 is 11.6 Å². The second-order valence-electron chi connectivity index (χ2n) is 11.2. The number of halogens is 1. The highest BCUT2D eigenvalue weighted by atomic mass is 35.5. The van der Waals surface area contributed by atoms with Crippen molar-refractivity contribution in [3.63, 3.8) is 0 Å². The molecule has 0 saturated carbocycles. The average molecular weight is 609 g/mol. The first-order valence-electron chi connectivity index (χ1n) is 14.3. The summed E-state index contributed by atoms with van der Waals surface area (Å²) in [6.07, 6.45) is 2.80. The van der Waals surface area contributed by atoms with Gasteiger partial charge in [-0.25, -0.2) is 22.9 Å². The van der Waals surface area contributed by atoms with E-state index in [9.17, 15) is 9.32 Å². The predicted molar refractivity (Wildman–Crippen MR) is 162 cm³/mol. The van der Waals surface area contributed by atoms with E-state index in [1.165, 1.54) is 0 Å². The molecule has 220 valence electrons. The van der Waals surface area contributed by atoms with Crippen molar-refractivity contribution in [2.75, 3.05) is 32.6 Å². The highest BCUT2D eigenvalue weighted by molar-refractivity contribution is 7.90. The molecule has 9 nitrogen and oxygen atoms in total. The van der Waals surface area contributed by atoms with Crippen LogP contribution in [0.15, 0.2) is 64.0 Å². The zero-order valence-corrected chi connectivity index (χ0v) is 24.9. The van der Waals surface area contributed by atoms with Gasteiger partial charge >= 0.3 is 0 Å². The summed E-state index contributed by atoms with van der Waals surface area (Å²) in [5, 5.41) is 10.5. The van der Waals surface area contributed by atoms with Crippen LogP contribution in [0.25, 0.3) is 22.4 Å². The van der Waals surface area contributed by atoms with Crippen LogP contribution in [-0.4, -0.2) is 81.5 Å². The molecule has 3 fully saturated rings. The molecule has 42 heavy (non-hydrogen) atoms. The van der Waals surface area contributed by atoms with Crippen molar-refractivity contribution < 1.29 is 23.5 Å². The minimum Gasteiger partial charge on any atom is -0.472 e. The number of hydrogen-bond acceptors (Lipinski definition) is 8. The first-order valence-corrected chi connectivity index (χ1v) is 16.6. The van der Waals surface area contributed by atoms with Crippen molar-refractivity contribution in [1.82, 2.24) is 9.29 Å². The molecule has 4 aliphatic heterocycles. The van der Waals surface area contributed by atoms with Crippen LogP contribution in [0, 0.1) is 0 Å². The molecule has 0 radical (unpaired) electrons. The first kappa shape index (κ1) is 27.9. The van der Waals surface area contributed by atoms with Gasteiger partial charge in [-0.2, -0.15) is 0 Å².